The summed E-state index contributed by atoms with van der Waals surface area (Å²) in [7, 11) is 0. The Morgan fingerprint density at radius 3 is 2.42 bits per heavy atom. The molecular formula is C13H10ClIN4. The molecule has 0 aliphatic rings. The molecule has 2 rings (SSSR count). The van der Waals surface area contributed by atoms with Crippen LogP contribution < -0.4 is 5.84 Å². The molecule has 0 amide bonds. The van der Waals surface area contributed by atoms with Crippen LogP contribution in [-0.2, 0) is 0 Å². The zero-order valence-corrected chi connectivity index (χ0v) is 12.7. The third-order valence-electron chi connectivity index (χ3n) is 2.35. The van der Waals surface area contributed by atoms with Crippen LogP contribution in [0.3, 0.4) is 0 Å². The van der Waals surface area contributed by atoms with Crippen LogP contribution in [0.5, 0.6) is 0 Å². The molecule has 0 radical (unpaired) electrons. The number of hydrogen-bond donors (Lipinski definition) is 1. The summed E-state index contributed by atoms with van der Waals surface area (Å²) >= 11 is 8.29. The summed E-state index contributed by atoms with van der Waals surface area (Å²) in [5, 5.41) is 7.76. The van der Waals surface area contributed by atoms with Crippen LogP contribution in [-0.4, -0.2) is 5.84 Å². The molecule has 0 saturated carbocycles. The third kappa shape index (κ3) is 3.51. The smallest absolute Gasteiger partial charge is 0.185 e. The van der Waals surface area contributed by atoms with E-state index in [0.717, 1.165) is 9.13 Å². The van der Waals surface area contributed by atoms with Gasteiger partial charge in [-0.15, -0.1) is 5.11 Å². The molecule has 4 nitrogen and oxygen atoms in total. The summed E-state index contributed by atoms with van der Waals surface area (Å²) in [5.41, 5.74) is 1.49. The average Bonchev–Trinajstić information content (AvgIpc) is 2.41. The molecule has 0 unspecified atom stereocenters. The topological polar surface area (TPSA) is 63.1 Å². The molecule has 0 aromatic heterocycles. The number of benzene rings is 2. The molecule has 0 aliphatic heterocycles. The molecule has 0 bridgehead atoms. The lowest BCUT2D eigenvalue weighted by atomic mass is 10.2. The largest absolute Gasteiger partial charge is 0.305 e. The number of hydrogen-bond acceptors (Lipinski definition) is 2. The van der Waals surface area contributed by atoms with Gasteiger partial charge in [-0.25, -0.2) is 4.99 Å². The van der Waals surface area contributed by atoms with Crippen molar-refractivity contribution in [3.05, 3.63) is 62.7 Å². The highest BCUT2D eigenvalue weighted by Crippen LogP contribution is 2.25. The molecule has 96 valence electrons. The molecule has 2 aromatic carbocycles. The number of para-hydroxylation sites is 1. The van der Waals surface area contributed by atoms with Crippen LogP contribution in [0.1, 0.15) is 5.56 Å². The number of halogens is 2. The van der Waals surface area contributed by atoms with E-state index in [9.17, 15) is 0 Å². The van der Waals surface area contributed by atoms with E-state index in [1.54, 1.807) is 6.07 Å². The minimum absolute atomic E-state index is 0.431. The van der Waals surface area contributed by atoms with Crippen LogP contribution >= 0.6 is 34.2 Å². The number of nitrogens with two attached hydrogens (primary N) is 1. The third-order valence-corrected chi connectivity index (χ3v) is 3.61. The first-order valence-corrected chi connectivity index (χ1v) is 6.87. The van der Waals surface area contributed by atoms with E-state index in [2.05, 4.69) is 37.9 Å². The van der Waals surface area contributed by atoms with Gasteiger partial charge in [-0.3, -0.25) is 0 Å². The lowest BCUT2D eigenvalue weighted by Gasteiger charge is -2.04. The van der Waals surface area contributed by atoms with Crippen molar-refractivity contribution in [3.8, 4) is 0 Å². The molecule has 0 spiro atoms. The second kappa shape index (κ2) is 6.63. The summed E-state index contributed by atoms with van der Waals surface area (Å²) in [4.78, 5) is 4.42. The molecule has 19 heavy (non-hydrogen) atoms. The first-order valence-electron chi connectivity index (χ1n) is 5.41. The van der Waals surface area contributed by atoms with E-state index in [0.29, 0.717) is 16.5 Å². The Balaban J connectivity index is 2.53. The second-order valence-electron chi connectivity index (χ2n) is 3.58. The van der Waals surface area contributed by atoms with Crippen molar-refractivity contribution in [2.75, 3.05) is 0 Å². The van der Waals surface area contributed by atoms with Gasteiger partial charge in [0.25, 0.3) is 0 Å². The standard InChI is InChI=1S/C13H10ClIN4/c14-10-6-2-4-8-12(10)17-13(18-19-16)9-5-1-3-7-11(9)15/h1-8H,(H2,16,17,18). The molecule has 0 heterocycles. The van der Waals surface area contributed by atoms with E-state index in [1.807, 2.05) is 42.5 Å². The lowest BCUT2D eigenvalue weighted by Crippen LogP contribution is -2.00. The summed E-state index contributed by atoms with van der Waals surface area (Å²) in [5.74, 6) is 5.58. The van der Waals surface area contributed by atoms with Gasteiger partial charge in [0, 0.05) is 9.13 Å². The monoisotopic (exact) mass is 384 g/mol. The Morgan fingerprint density at radius 2 is 1.74 bits per heavy atom. The molecule has 0 saturated heterocycles. The van der Waals surface area contributed by atoms with Gasteiger partial charge in [-0.2, -0.15) is 0 Å². The van der Waals surface area contributed by atoms with Crippen molar-refractivity contribution in [3.63, 3.8) is 0 Å². The van der Waals surface area contributed by atoms with E-state index >= 15 is 0 Å². The minimum atomic E-state index is 0.431. The van der Waals surface area contributed by atoms with E-state index in [1.165, 1.54) is 0 Å². The maximum absolute atomic E-state index is 6.08. The average molecular weight is 385 g/mol. The van der Waals surface area contributed by atoms with Gasteiger partial charge in [0.2, 0.25) is 0 Å². The summed E-state index contributed by atoms with van der Waals surface area (Å²) in [6.45, 7) is 0. The Bertz CT molecular complexity index is 640. The predicted octanol–water partition coefficient (Wildman–Crippen LogP) is 4.35. The Morgan fingerprint density at radius 1 is 1.05 bits per heavy atom. The van der Waals surface area contributed by atoms with Gasteiger partial charge in [-0.1, -0.05) is 47.2 Å². The zero-order valence-electron chi connectivity index (χ0n) is 9.79. The quantitative estimate of drug-likeness (QED) is 0.205. The number of rotatable bonds is 2. The highest BCUT2D eigenvalue weighted by Gasteiger charge is 2.08. The van der Waals surface area contributed by atoms with Gasteiger partial charge < -0.3 is 5.84 Å². The minimum Gasteiger partial charge on any atom is -0.305 e. The van der Waals surface area contributed by atoms with Gasteiger partial charge in [0.1, 0.15) is 0 Å². The van der Waals surface area contributed by atoms with Crippen molar-refractivity contribution >= 4 is 45.7 Å². The Labute approximate surface area is 129 Å². The van der Waals surface area contributed by atoms with Gasteiger partial charge in [-0.05, 0) is 40.8 Å². The van der Waals surface area contributed by atoms with Crippen molar-refractivity contribution < 1.29 is 0 Å². The maximum Gasteiger partial charge on any atom is 0.185 e. The fraction of sp³-hybridized carbons (Fsp3) is 0. The molecule has 0 fully saturated rings. The molecule has 0 atom stereocenters. The van der Waals surface area contributed by atoms with Gasteiger partial charge in [0.15, 0.2) is 5.84 Å². The Hall–Kier alpha value is -1.47. The van der Waals surface area contributed by atoms with Crippen molar-refractivity contribution in [1.82, 2.24) is 0 Å². The van der Waals surface area contributed by atoms with Gasteiger partial charge >= 0.3 is 0 Å². The molecular weight excluding hydrogens is 375 g/mol. The predicted molar refractivity (Wildman–Crippen MR) is 85.9 cm³/mol. The fourth-order valence-corrected chi connectivity index (χ4v) is 2.30. The molecule has 2 N–H and O–H groups in total. The van der Waals surface area contributed by atoms with Crippen molar-refractivity contribution in [1.29, 1.82) is 0 Å². The number of aliphatic imine (C=N–C) groups is 1. The first kappa shape index (κ1) is 14.0. The summed E-state index contributed by atoms with van der Waals surface area (Å²) in [6, 6.07) is 15.0. The number of nitrogens with zero attached hydrogens (tertiary/aromatic N) is 3. The van der Waals surface area contributed by atoms with Gasteiger partial charge in [0.05, 0.1) is 10.7 Å². The van der Waals surface area contributed by atoms with Crippen LogP contribution in [0, 0.1) is 3.57 Å². The SMILES string of the molecule is NN=NC(=Nc1ccccc1Cl)c1ccccc1I. The van der Waals surface area contributed by atoms with Crippen LogP contribution in [0.4, 0.5) is 5.69 Å². The van der Waals surface area contributed by atoms with Crippen LogP contribution in [0.2, 0.25) is 5.02 Å². The van der Waals surface area contributed by atoms with E-state index < -0.39 is 0 Å². The second-order valence-corrected chi connectivity index (χ2v) is 5.15. The molecule has 2 aromatic rings. The maximum atomic E-state index is 6.08. The van der Waals surface area contributed by atoms with Crippen molar-refractivity contribution in [2.24, 2.45) is 21.2 Å². The fourth-order valence-electron chi connectivity index (χ4n) is 1.49. The van der Waals surface area contributed by atoms with Crippen molar-refractivity contribution in [2.45, 2.75) is 0 Å². The first-order chi connectivity index (χ1) is 9.22. The van der Waals surface area contributed by atoms with E-state index in [-0.39, 0.29) is 0 Å². The summed E-state index contributed by atoms with van der Waals surface area (Å²) in [6.07, 6.45) is 0. The summed E-state index contributed by atoms with van der Waals surface area (Å²) < 4.78 is 1.01. The highest BCUT2D eigenvalue weighted by molar-refractivity contribution is 14.1. The lowest BCUT2D eigenvalue weighted by molar-refractivity contribution is 1.08. The normalized spacial score (nSPS) is 12.0. The number of amidine groups is 1. The van der Waals surface area contributed by atoms with E-state index in [4.69, 9.17) is 17.4 Å². The Kier molecular flexibility index (Phi) is 4.86. The molecule has 0 aliphatic carbocycles. The van der Waals surface area contributed by atoms with Crippen LogP contribution in [0.25, 0.3) is 0 Å². The zero-order chi connectivity index (χ0) is 13.7. The van der Waals surface area contributed by atoms with Crippen LogP contribution in [0.15, 0.2) is 63.9 Å². The highest BCUT2D eigenvalue weighted by atomic mass is 127. The molecule has 6 heteroatoms.